The van der Waals surface area contributed by atoms with Gasteiger partial charge in [0, 0.05) is 95.2 Å². The molecular formula is C71H79N3O16. The Balaban J connectivity index is 0.655. The number of rotatable bonds is 26. The molecule has 4 aliphatic heterocycles. The molecule has 3 aromatic carbocycles. The number of nitrogens with one attached hydrogen (secondary N) is 3. The Labute approximate surface area is 522 Å². The predicted octanol–water partition coefficient (Wildman–Crippen LogP) is 10.7. The molecule has 3 amide bonds. The largest absolute Gasteiger partial charge is 0.508 e. The number of fused-ring (bicyclic) bond motifs is 4. The Morgan fingerprint density at radius 2 is 1.49 bits per heavy atom. The lowest BCUT2D eigenvalue weighted by Crippen LogP contribution is -2.72. The van der Waals surface area contributed by atoms with Gasteiger partial charge in [0.25, 0.3) is 5.91 Å². The van der Waals surface area contributed by atoms with Crippen LogP contribution in [0.4, 0.5) is 0 Å². The number of Topliss-reactive ketones (excluding diaryl/α,β-unsaturated/α-hetero) is 2. The third kappa shape index (κ3) is 12.5. The van der Waals surface area contributed by atoms with Gasteiger partial charge in [0.2, 0.25) is 11.8 Å². The van der Waals surface area contributed by atoms with Crippen molar-refractivity contribution in [1.82, 2.24) is 16.0 Å². The molecular weight excluding hydrogens is 1150 g/mol. The minimum absolute atomic E-state index is 0.0350. The number of aromatic hydroxyl groups is 2. The first-order valence-electron chi connectivity index (χ1n) is 30.9. The Morgan fingerprint density at radius 3 is 2.22 bits per heavy atom. The van der Waals surface area contributed by atoms with Crippen molar-refractivity contribution < 1.29 is 72.2 Å². The number of amides is 3. The summed E-state index contributed by atoms with van der Waals surface area (Å²) in [5.41, 5.74) is 0.201. The molecule has 4 heterocycles. The second-order valence-corrected chi connectivity index (χ2v) is 25.2. The first-order chi connectivity index (χ1) is 42.9. The van der Waals surface area contributed by atoms with Crippen molar-refractivity contribution in [2.45, 2.75) is 136 Å². The smallest absolute Gasteiger partial charge is 0.336 e. The highest BCUT2D eigenvalue weighted by Gasteiger charge is 2.81. The lowest BCUT2D eigenvalue weighted by atomic mass is 9.51. The number of benzene rings is 4. The summed E-state index contributed by atoms with van der Waals surface area (Å²) in [4.78, 5) is 94.1. The maximum Gasteiger partial charge on any atom is 0.336 e. The SMILES string of the molecule is CC(C)=CCCC1(C)C=Cc2c(O)c3c(c(CC=C(C)C)c2O1)OC12C(=CC4CC1C(C)(C)OC2(CC=C(C)C(=O)NCCOCCOCCNC(=O)CCCCCNC(=O)c1ccc(-c2c5ccc(=O)cc-5oc5cc(O)ccc25)c(C(=O)O)c1)C4=O)C3=O. The number of hydrogen-bond acceptors (Lipinski definition) is 15. The Morgan fingerprint density at radius 1 is 0.756 bits per heavy atom. The summed E-state index contributed by atoms with van der Waals surface area (Å²) < 4.78 is 38.3. The van der Waals surface area contributed by atoms with Gasteiger partial charge < -0.3 is 59.4 Å². The number of hydrogen-bond donors (Lipinski definition) is 6. The minimum Gasteiger partial charge on any atom is -0.508 e. The van der Waals surface area contributed by atoms with Crippen LogP contribution >= 0.6 is 0 Å². The summed E-state index contributed by atoms with van der Waals surface area (Å²) in [5.74, 6) is -3.45. The van der Waals surface area contributed by atoms with Gasteiger partial charge in [0.1, 0.15) is 45.5 Å². The number of aromatic carboxylic acids is 1. The van der Waals surface area contributed by atoms with E-state index in [1.807, 2.05) is 52.8 Å². The summed E-state index contributed by atoms with van der Waals surface area (Å²) in [5, 5.41) is 41.5. The van der Waals surface area contributed by atoms with Crippen molar-refractivity contribution in [2.75, 3.05) is 46.1 Å². The number of carboxylic acid groups (broad SMARTS) is 1. The topological polar surface area (TPSA) is 276 Å². The van der Waals surface area contributed by atoms with Crippen LogP contribution in [-0.2, 0) is 35.0 Å². The number of unbranched alkanes of at least 4 members (excludes halogenated alkanes) is 2. The van der Waals surface area contributed by atoms with Gasteiger partial charge >= 0.3 is 5.97 Å². The van der Waals surface area contributed by atoms with Crippen LogP contribution < -0.4 is 30.9 Å². The molecule has 4 aliphatic carbocycles. The highest BCUT2D eigenvalue weighted by molar-refractivity contribution is 6.19. The normalized spacial score (nSPS) is 21.6. The van der Waals surface area contributed by atoms with E-state index in [2.05, 4.69) is 35.9 Å². The predicted molar refractivity (Wildman–Crippen MR) is 338 cm³/mol. The van der Waals surface area contributed by atoms with Gasteiger partial charge in [-0.05, 0) is 148 Å². The Bertz CT molecular complexity index is 3910. The first kappa shape index (κ1) is 64.3. The Hall–Kier alpha value is -8.65. The van der Waals surface area contributed by atoms with Crippen molar-refractivity contribution in [1.29, 1.82) is 0 Å². The van der Waals surface area contributed by atoms with Crippen LogP contribution in [0.1, 0.15) is 149 Å². The molecule has 90 heavy (non-hydrogen) atoms. The number of carbonyl (C=O) groups excluding carboxylic acids is 5. The second-order valence-electron chi connectivity index (χ2n) is 25.2. The quantitative estimate of drug-likeness (QED) is 0.0130. The van der Waals surface area contributed by atoms with E-state index in [1.165, 1.54) is 42.0 Å². The lowest BCUT2D eigenvalue weighted by molar-refractivity contribution is -0.171. The van der Waals surface area contributed by atoms with Crippen molar-refractivity contribution in [3.05, 3.63) is 145 Å². The minimum atomic E-state index is -1.67. The molecule has 5 atom stereocenters. The summed E-state index contributed by atoms with van der Waals surface area (Å²) in [6.07, 6.45) is 15.6. The molecule has 0 aromatic heterocycles. The number of ether oxygens (including phenoxy) is 5. The molecule has 11 rings (SSSR count). The third-order valence-corrected chi connectivity index (χ3v) is 17.8. The zero-order valence-corrected chi connectivity index (χ0v) is 52.3. The molecule has 8 aliphatic rings. The van der Waals surface area contributed by atoms with Gasteiger partial charge in [-0.2, -0.15) is 0 Å². The van der Waals surface area contributed by atoms with Gasteiger partial charge in [0.15, 0.2) is 28.2 Å². The van der Waals surface area contributed by atoms with Gasteiger partial charge in [-0.1, -0.05) is 47.9 Å². The summed E-state index contributed by atoms with van der Waals surface area (Å²) >= 11 is 0. The molecule has 1 saturated heterocycles. The average Bonchev–Trinajstić information content (AvgIpc) is 1.42. The highest BCUT2D eigenvalue weighted by Crippen LogP contribution is 2.69. The molecule has 474 valence electrons. The van der Waals surface area contributed by atoms with Crippen molar-refractivity contribution >= 4 is 52.3 Å². The number of carbonyl (C=O) groups is 6. The molecule has 1 saturated carbocycles. The number of phenols is 2. The van der Waals surface area contributed by atoms with Crippen molar-refractivity contribution in [2.24, 2.45) is 11.8 Å². The van der Waals surface area contributed by atoms with Crippen LogP contribution in [-0.4, -0.2) is 119 Å². The zero-order valence-electron chi connectivity index (χ0n) is 52.3. The van der Waals surface area contributed by atoms with Gasteiger partial charge in [-0.3, -0.25) is 28.8 Å². The van der Waals surface area contributed by atoms with Gasteiger partial charge in [-0.25, -0.2) is 4.79 Å². The van der Waals surface area contributed by atoms with E-state index in [0.29, 0.717) is 96.1 Å². The Kier molecular flexibility index (Phi) is 18.6. The molecule has 1 spiro atoms. The number of phenolic OH excluding ortho intramolecular Hbond substituents is 2. The van der Waals surface area contributed by atoms with E-state index in [9.17, 15) is 44.1 Å². The van der Waals surface area contributed by atoms with Crippen LogP contribution in [0.3, 0.4) is 0 Å². The molecule has 4 bridgehead atoms. The maximum atomic E-state index is 15.2. The standard InChI is InChI=1S/C71H79N3O16/c1-40(2)13-12-25-69(8)26-24-50-60(78)59-61(79)53-36-44-37-56-68(6,7)90-70(64(44)80,71(53,56)89-63(59)51(62(50)88-69)19-15-41(3)4)27-23-42(5)65(81)74-30-32-86-34-33-85-31-29-72-57(77)14-10-9-11-28-73-66(82)43-16-20-47(52(35-43)67(83)84)58-48-21-17-45(75)38-54(48)87-55-39-46(76)18-22-49(55)58/h13,15-18,20-24,26,35-36,38-39,44,56,75,78H,9-12,14,19,25,27-34,37H2,1-8H3,(H,72,77)(H,73,82)(H,74,81)(H,83,84). The molecule has 19 heteroatoms. The average molecular weight is 1230 g/mol. The summed E-state index contributed by atoms with van der Waals surface area (Å²) in [7, 11) is 0. The van der Waals surface area contributed by atoms with E-state index < -0.39 is 51.9 Å². The van der Waals surface area contributed by atoms with Crippen LogP contribution in [0.2, 0.25) is 0 Å². The molecule has 0 radical (unpaired) electrons. The lowest BCUT2D eigenvalue weighted by Gasteiger charge is -2.56. The van der Waals surface area contributed by atoms with Crippen LogP contribution in [0.15, 0.2) is 116 Å². The number of ketones is 2. The van der Waals surface area contributed by atoms with Gasteiger partial charge in [-0.15, -0.1) is 0 Å². The molecule has 6 N–H and O–H groups in total. The highest BCUT2D eigenvalue weighted by atomic mass is 16.6. The zero-order chi connectivity index (χ0) is 64.5. The third-order valence-electron chi connectivity index (χ3n) is 17.8. The van der Waals surface area contributed by atoms with Crippen LogP contribution in [0, 0.1) is 11.8 Å². The molecule has 19 nitrogen and oxygen atoms in total. The maximum absolute atomic E-state index is 15.2. The number of carboxylic acids is 1. The fourth-order valence-electron chi connectivity index (χ4n) is 13.3. The van der Waals surface area contributed by atoms with E-state index >= 15 is 4.79 Å². The van der Waals surface area contributed by atoms with Crippen LogP contribution in [0.5, 0.6) is 23.0 Å². The van der Waals surface area contributed by atoms with Crippen molar-refractivity contribution in [3.63, 3.8) is 0 Å². The first-order valence-corrected chi connectivity index (χ1v) is 30.9. The fourth-order valence-corrected chi connectivity index (χ4v) is 13.3. The molecule has 3 aromatic rings. The van der Waals surface area contributed by atoms with E-state index in [0.717, 1.165) is 12.0 Å². The molecule has 2 fully saturated rings. The van der Waals surface area contributed by atoms with Crippen LogP contribution in [0.25, 0.3) is 39.5 Å². The fraction of sp³-hybridized carbons (Fsp3) is 0.423. The van der Waals surface area contributed by atoms with Crippen molar-refractivity contribution in [3.8, 4) is 45.4 Å². The summed E-state index contributed by atoms with van der Waals surface area (Å²) in [6.45, 7) is 17.3. The second kappa shape index (κ2) is 26.1. The van der Waals surface area contributed by atoms with E-state index in [4.69, 9.17) is 28.1 Å². The van der Waals surface area contributed by atoms with Gasteiger partial charge in [0.05, 0.1) is 43.2 Å². The summed E-state index contributed by atoms with van der Waals surface area (Å²) in [6, 6.07) is 13.0. The molecule has 5 unspecified atom stereocenters. The van der Waals surface area contributed by atoms with E-state index in [-0.39, 0.29) is 120 Å². The number of allylic oxidation sites excluding steroid dienone is 5. The van der Waals surface area contributed by atoms with E-state index in [1.54, 1.807) is 37.3 Å². The monoisotopic (exact) mass is 1230 g/mol.